The summed E-state index contributed by atoms with van der Waals surface area (Å²) in [4.78, 5) is 0. The molecule has 5 nitrogen and oxygen atoms in total. The van der Waals surface area contributed by atoms with Crippen molar-refractivity contribution in [3.63, 3.8) is 0 Å². The van der Waals surface area contributed by atoms with Crippen molar-refractivity contribution in [2.75, 3.05) is 6.61 Å². The van der Waals surface area contributed by atoms with Gasteiger partial charge in [-0.25, -0.2) is 0 Å². The molecular weight excluding hydrogens is 440 g/mol. The van der Waals surface area contributed by atoms with Crippen LogP contribution in [0, 0.1) is 0 Å². The number of hydrogen-bond donors (Lipinski definition) is 5. The van der Waals surface area contributed by atoms with Gasteiger partial charge in [-0.05, 0) is 113 Å². The van der Waals surface area contributed by atoms with Crippen molar-refractivity contribution in [2.24, 2.45) is 0 Å². The van der Waals surface area contributed by atoms with Gasteiger partial charge in [0.1, 0.15) is 5.60 Å². The summed E-state index contributed by atoms with van der Waals surface area (Å²) in [6, 6.07) is 0. The van der Waals surface area contributed by atoms with Crippen molar-refractivity contribution < 1.29 is 25.5 Å². The summed E-state index contributed by atoms with van der Waals surface area (Å²) in [6.45, 7) is 12.8. The first-order valence-electron chi connectivity index (χ1n) is 13.2. The molecule has 0 rings (SSSR count). The maximum Gasteiger partial charge on any atom is 0.111 e. The van der Waals surface area contributed by atoms with Crippen LogP contribution < -0.4 is 0 Å². The lowest BCUT2D eigenvalue weighted by atomic mass is 9.94. The fourth-order valence-corrected chi connectivity index (χ4v) is 3.66. The molecule has 0 saturated carbocycles. The predicted octanol–water partition coefficient (Wildman–Crippen LogP) is 5.91. The third-order valence-electron chi connectivity index (χ3n) is 6.69. The highest BCUT2D eigenvalue weighted by atomic mass is 16.4. The normalized spacial score (nSPS) is 17.9. The summed E-state index contributed by atoms with van der Waals surface area (Å²) in [5.41, 5.74) is 2.76. The third-order valence-corrected chi connectivity index (χ3v) is 6.69. The van der Waals surface area contributed by atoms with Gasteiger partial charge in [0.2, 0.25) is 0 Å². The van der Waals surface area contributed by atoms with E-state index in [0.717, 1.165) is 44.9 Å². The van der Waals surface area contributed by atoms with E-state index >= 15 is 0 Å². The van der Waals surface area contributed by atoms with E-state index in [1.807, 2.05) is 6.92 Å². The molecule has 0 saturated heterocycles. The third kappa shape index (κ3) is 17.0. The van der Waals surface area contributed by atoms with Gasteiger partial charge in [0.15, 0.2) is 0 Å². The number of hydrogen-bond acceptors (Lipinski definition) is 5. The smallest absolute Gasteiger partial charge is 0.111 e. The van der Waals surface area contributed by atoms with Gasteiger partial charge in [-0.15, -0.1) is 0 Å². The molecule has 0 amide bonds. The Bertz CT molecular complexity index is 707. The van der Waals surface area contributed by atoms with Crippen LogP contribution in [0.4, 0.5) is 0 Å². The van der Waals surface area contributed by atoms with Crippen LogP contribution in [0.2, 0.25) is 0 Å². The van der Waals surface area contributed by atoms with Crippen LogP contribution in [-0.4, -0.2) is 55.5 Å². The second kappa shape index (κ2) is 17.3. The molecule has 0 aliphatic rings. The number of aliphatic hydroxyl groups excluding tert-OH is 3. The Morgan fingerprint density at radius 1 is 0.600 bits per heavy atom. The molecule has 0 aliphatic heterocycles. The molecule has 5 heteroatoms. The zero-order valence-corrected chi connectivity index (χ0v) is 23.5. The van der Waals surface area contributed by atoms with Crippen LogP contribution >= 0.6 is 0 Å². The molecule has 0 unspecified atom stereocenters. The highest BCUT2D eigenvalue weighted by Gasteiger charge is 2.28. The summed E-state index contributed by atoms with van der Waals surface area (Å²) in [6.07, 6.45) is 16.1. The highest BCUT2D eigenvalue weighted by Crippen LogP contribution is 2.19. The first-order valence-corrected chi connectivity index (χ1v) is 13.2. The Hall–Kier alpha value is -1.24. The second-order valence-corrected chi connectivity index (χ2v) is 11.1. The van der Waals surface area contributed by atoms with Crippen molar-refractivity contribution in [3.8, 4) is 0 Å². The first kappa shape index (κ1) is 33.8. The molecular formula is C30H54O5. The molecule has 3 atom stereocenters. The molecule has 204 valence electrons. The minimum atomic E-state index is -1.44. The van der Waals surface area contributed by atoms with Gasteiger partial charge in [0.25, 0.3) is 0 Å². The van der Waals surface area contributed by atoms with E-state index in [-0.39, 0.29) is 0 Å². The average Bonchev–Trinajstić information content (AvgIpc) is 2.77. The van der Waals surface area contributed by atoms with Crippen LogP contribution in [0.3, 0.4) is 0 Å². The lowest BCUT2D eigenvalue weighted by Crippen LogP contribution is -2.42. The first-order chi connectivity index (χ1) is 16.2. The van der Waals surface area contributed by atoms with E-state index in [2.05, 4.69) is 45.1 Å². The van der Waals surface area contributed by atoms with Crippen LogP contribution in [0.1, 0.15) is 113 Å². The highest BCUT2D eigenvalue weighted by molar-refractivity contribution is 5.07. The maximum atomic E-state index is 9.97. The quantitative estimate of drug-likeness (QED) is 0.120. The molecule has 0 heterocycles. The molecule has 0 aromatic carbocycles. The largest absolute Gasteiger partial charge is 0.393 e. The molecule has 35 heavy (non-hydrogen) atoms. The predicted molar refractivity (Wildman–Crippen MR) is 147 cm³/mol. The van der Waals surface area contributed by atoms with Gasteiger partial charge >= 0.3 is 0 Å². The van der Waals surface area contributed by atoms with E-state index in [0.29, 0.717) is 19.3 Å². The summed E-state index contributed by atoms with van der Waals surface area (Å²) in [5, 5.41) is 48.7. The Balaban J connectivity index is 4.19. The topological polar surface area (TPSA) is 101 Å². The number of allylic oxidation sites excluding steroid dienone is 8. The minimum Gasteiger partial charge on any atom is -0.393 e. The van der Waals surface area contributed by atoms with Crippen molar-refractivity contribution in [3.05, 3.63) is 46.6 Å². The summed E-state index contributed by atoms with van der Waals surface area (Å²) in [5.74, 6) is 0. The van der Waals surface area contributed by atoms with Crippen LogP contribution in [0.15, 0.2) is 46.6 Å². The van der Waals surface area contributed by atoms with Crippen LogP contribution in [-0.2, 0) is 0 Å². The fraction of sp³-hybridized carbons (Fsp3) is 0.733. The van der Waals surface area contributed by atoms with Crippen molar-refractivity contribution in [1.82, 2.24) is 0 Å². The van der Waals surface area contributed by atoms with Crippen LogP contribution in [0.5, 0.6) is 0 Å². The molecule has 0 fully saturated rings. The van der Waals surface area contributed by atoms with E-state index in [4.69, 9.17) is 5.11 Å². The Morgan fingerprint density at radius 2 is 0.943 bits per heavy atom. The minimum absolute atomic E-state index is 0.441. The van der Waals surface area contributed by atoms with E-state index < -0.39 is 30.0 Å². The van der Waals surface area contributed by atoms with Gasteiger partial charge < -0.3 is 25.5 Å². The lowest BCUT2D eigenvalue weighted by Gasteiger charge is -2.26. The number of aliphatic hydroxyl groups is 5. The van der Waals surface area contributed by atoms with Crippen molar-refractivity contribution in [1.29, 1.82) is 0 Å². The van der Waals surface area contributed by atoms with Gasteiger partial charge in [0, 0.05) is 0 Å². The zero-order chi connectivity index (χ0) is 27.1. The molecule has 0 radical (unpaired) electrons. The van der Waals surface area contributed by atoms with Crippen molar-refractivity contribution in [2.45, 2.75) is 136 Å². The number of unbranched alkanes of at least 4 members (excludes halogenated alkanes) is 1. The summed E-state index contributed by atoms with van der Waals surface area (Å²) in [7, 11) is 0. The fourth-order valence-electron chi connectivity index (χ4n) is 3.66. The second-order valence-electron chi connectivity index (χ2n) is 11.1. The van der Waals surface area contributed by atoms with Gasteiger partial charge in [-0.2, -0.15) is 0 Å². The van der Waals surface area contributed by atoms with Gasteiger partial charge in [-0.3, -0.25) is 0 Å². The zero-order valence-electron chi connectivity index (χ0n) is 23.5. The molecule has 0 spiro atoms. The Morgan fingerprint density at radius 3 is 1.31 bits per heavy atom. The monoisotopic (exact) mass is 494 g/mol. The number of rotatable bonds is 18. The van der Waals surface area contributed by atoms with Crippen molar-refractivity contribution >= 4 is 0 Å². The van der Waals surface area contributed by atoms with Crippen LogP contribution in [0.25, 0.3) is 0 Å². The maximum absolute atomic E-state index is 9.97. The SMILES string of the molecule is C/C(=C\CC/C=C(\C)CC/C=C(\C)CC[C@H](O)[C@@](C)(O)CO)CC/C=C(\C)CC[C@H](O)C(C)(C)O. The Kier molecular flexibility index (Phi) is 16.6. The lowest BCUT2D eigenvalue weighted by molar-refractivity contribution is -0.0942. The van der Waals surface area contributed by atoms with Gasteiger partial charge in [-0.1, -0.05) is 46.6 Å². The molecule has 5 N–H and O–H groups in total. The summed E-state index contributed by atoms with van der Waals surface area (Å²) >= 11 is 0. The molecule has 0 aromatic heterocycles. The summed E-state index contributed by atoms with van der Waals surface area (Å²) < 4.78 is 0. The average molecular weight is 495 g/mol. The Labute approximate surface area is 215 Å². The van der Waals surface area contributed by atoms with Gasteiger partial charge in [0.05, 0.1) is 24.4 Å². The molecule has 0 aliphatic carbocycles. The standard InChI is InChI=1S/C30H54O5/c1-23(14-10-16-25(3)18-20-27(32)29(5,6)34)12-8-9-13-24(2)15-11-17-26(4)19-21-28(33)30(7,35)22-31/h12-13,16-17,27-28,31-35H,8-11,14-15,18-22H2,1-7H3/b23-12+,24-13+,25-16+,26-17+/t27-,28-,30-/m0/s1. The van der Waals surface area contributed by atoms with E-state index in [9.17, 15) is 20.4 Å². The molecule has 0 aromatic rings. The van der Waals surface area contributed by atoms with E-state index in [1.54, 1.807) is 13.8 Å². The molecule has 0 bridgehead atoms. The van der Waals surface area contributed by atoms with E-state index in [1.165, 1.54) is 29.2 Å².